The van der Waals surface area contributed by atoms with Gasteiger partial charge in [0.1, 0.15) is 11.9 Å². The van der Waals surface area contributed by atoms with E-state index in [-0.39, 0.29) is 5.82 Å². The van der Waals surface area contributed by atoms with Gasteiger partial charge in [-0.05, 0) is 13.0 Å². The van der Waals surface area contributed by atoms with Gasteiger partial charge in [0.25, 0.3) is 0 Å². The summed E-state index contributed by atoms with van der Waals surface area (Å²) in [6.07, 6.45) is -5.11. The Morgan fingerprint density at radius 1 is 1.55 bits per heavy atom. The molecule has 0 aliphatic carbocycles. The second-order valence-electron chi connectivity index (χ2n) is 6.08. The number of carbonyl (C=O) groups excluding carboxylic acids is 1. The molecule has 4 atom stereocenters. The number of halogens is 2. The largest absolute Gasteiger partial charge is 0.384 e. The van der Waals surface area contributed by atoms with Crippen LogP contribution in [-0.2, 0) is 18.6 Å². The lowest BCUT2D eigenvalue weighted by atomic mass is 10.1. The van der Waals surface area contributed by atoms with Gasteiger partial charge in [-0.1, -0.05) is 0 Å². The van der Waals surface area contributed by atoms with E-state index in [1.807, 2.05) is 0 Å². The fraction of sp³-hybridized carbons (Fsp3) is 0.643. The lowest BCUT2D eigenvalue weighted by molar-refractivity contribution is -0.140. The van der Waals surface area contributed by atoms with E-state index in [4.69, 9.17) is 14.8 Å². The number of aliphatic hydroxyl groups is 1. The fourth-order valence-electron chi connectivity index (χ4n) is 2.48. The first-order valence-electron chi connectivity index (χ1n) is 8.55. The lowest BCUT2D eigenvalue weighted by Crippen LogP contribution is -2.42. The molecule has 1 fully saturated rings. The number of aromatic nitrogens is 2. The highest BCUT2D eigenvalue weighted by atomic mass is 31.2. The van der Waals surface area contributed by atoms with Crippen LogP contribution in [0.5, 0.6) is 0 Å². The molecule has 0 radical (unpaired) electrons. The standard InChI is InChI=1S/C14H23F2N6O6P/c1-3-19-9-4-5-22(13(25)21-9)12-14(15,16)11(24)8(28-12)7-27-29(17,26)20-6-10(23)18-2/h4-5,8,11-12,24H,3,6-7H2,1-2H3,(H,18,23)(H3,17,20,26)(H,19,21,25)/t8?,11-,12?,29?/m1/s1. The molecule has 1 aromatic rings. The number of aliphatic hydroxyl groups excluding tert-OH is 1. The smallest absolute Gasteiger partial charge is 0.351 e. The molecule has 29 heavy (non-hydrogen) atoms. The first kappa shape index (κ1) is 23.3. The van der Waals surface area contributed by atoms with Crippen molar-refractivity contribution in [2.24, 2.45) is 5.50 Å². The minimum Gasteiger partial charge on any atom is -0.384 e. The van der Waals surface area contributed by atoms with Crippen LogP contribution in [0.15, 0.2) is 17.1 Å². The van der Waals surface area contributed by atoms with Crippen molar-refractivity contribution >= 4 is 19.4 Å². The molecule has 6 N–H and O–H groups in total. The van der Waals surface area contributed by atoms with E-state index in [1.54, 1.807) is 6.92 Å². The molecule has 164 valence electrons. The molecule has 12 nitrogen and oxygen atoms in total. The van der Waals surface area contributed by atoms with Gasteiger partial charge < -0.3 is 25.0 Å². The van der Waals surface area contributed by atoms with Crippen LogP contribution in [0.25, 0.3) is 0 Å². The van der Waals surface area contributed by atoms with Crippen LogP contribution in [0.3, 0.4) is 0 Å². The average molecular weight is 440 g/mol. The molecule has 1 saturated heterocycles. The number of nitrogens with one attached hydrogen (secondary N) is 3. The van der Waals surface area contributed by atoms with Gasteiger partial charge in [-0.25, -0.2) is 15.4 Å². The molecule has 1 aliphatic rings. The minimum absolute atomic E-state index is 0.196. The number of hydrogen-bond acceptors (Lipinski definition) is 8. The monoisotopic (exact) mass is 440 g/mol. The van der Waals surface area contributed by atoms with Gasteiger partial charge in [0, 0.05) is 19.8 Å². The van der Waals surface area contributed by atoms with Gasteiger partial charge in [-0.3, -0.25) is 13.9 Å². The maximum absolute atomic E-state index is 14.5. The second-order valence-corrected chi connectivity index (χ2v) is 7.85. The molecule has 0 saturated carbocycles. The number of nitrogens with zero attached hydrogens (tertiary/aromatic N) is 2. The molecule has 2 heterocycles. The predicted molar refractivity (Wildman–Crippen MR) is 97.3 cm³/mol. The highest BCUT2D eigenvalue weighted by molar-refractivity contribution is 7.54. The number of hydrogen-bond donors (Lipinski definition) is 5. The van der Waals surface area contributed by atoms with Crippen LogP contribution in [0.4, 0.5) is 14.6 Å². The quantitative estimate of drug-likeness (QED) is 0.300. The zero-order valence-electron chi connectivity index (χ0n) is 15.7. The molecule has 1 aliphatic heterocycles. The fourth-order valence-corrected chi connectivity index (χ4v) is 3.30. The maximum Gasteiger partial charge on any atom is 0.351 e. The Balaban J connectivity index is 2.09. The Morgan fingerprint density at radius 3 is 2.83 bits per heavy atom. The average Bonchev–Trinajstić information content (AvgIpc) is 2.88. The Bertz CT molecular complexity index is 839. The Labute approximate surface area is 164 Å². The van der Waals surface area contributed by atoms with Gasteiger partial charge in [0.05, 0.1) is 13.2 Å². The molecule has 3 unspecified atom stereocenters. The van der Waals surface area contributed by atoms with Gasteiger partial charge in [0.2, 0.25) is 12.1 Å². The number of likely N-dealkylation sites (N-methyl/N-ethyl adjacent to an activating group) is 1. The topological polar surface area (TPSA) is 170 Å². The zero-order valence-corrected chi connectivity index (χ0v) is 16.6. The van der Waals surface area contributed by atoms with Gasteiger partial charge in [-0.15, -0.1) is 0 Å². The molecular formula is C14H23F2N6O6P. The number of amides is 1. The van der Waals surface area contributed by atoms with E-state index in [0.29, 0.717) is 11.1 Å². The first-order chi connectivity index (χ1) is 13.5. The molecular weight excluding hydrogens is 417 g/mol. The summed E-state index contributed by atoms with van der Waals surface area (Å²) in [5.41, 5.74) is 4.36. The number of alkyl halides is 2. The second kappa shape index (κ2) is 9.24. The number of rotatable bonds is 9. The van der Waals surface area contributed by atoms with Crippen molar-refractivity contribution in [3.05, 3.63) is 22.7 Å². The van der Waals surface area contributed by atoms with E-state index in [9.17, 15) is 28.0 Å². The van der Waals surface area contributed by atoms with E-state index in [2.05, 4.69) is 20.7 Å². The summed E-state index contributed by atoms with van der Waals surface area (Å²) in [7, 11) is -2.69. The normalized spacial score (nSPS) is 25.4. The van der Waals surface area contributed by atoms with Crippen molar-refractivity contribution in [2.75, 3.05) is 32.1 Å². The van der Waals surface area contributed by atoms with E-state index < -0.39 is 56.8 Å². The van der Waals surface area contributed by atoms with Crippen LogP contribution < -0.4 is 26.9 Å². The summed E-state index contributed by atoms with van der Waals surface area (Å²) in [6, 6.07) is 1.30. The van der Waals surface area contributed by atoms with Crippen LogP contribution in [0, 0.1) is 0 Å². The van der Waals surface area contributed by atoms with Crippen molar-refractivity contribution in [2.45, 2.75) is 31.3 Å². The van der Waals surface area contributed by atoms with Crippen LogP contribution in [0.1, 0.15) is 13.2 Å². The van der Waals surface area contributed by atoms with E-state index in [0.717, 1.165) is 6.20 Å². The summed E-state index contributed by atoms with van der Waals surface area (Å²) in [6.45, 7) is 1.02. The van der Waals surface area contributed by atoms with Crippen molar-refractivity contribution < 1.29 is 32.5 Å². The first-order valence-corrected chi connectivity index (χ1v) is 10.2. The third-order valence-corrected chi connectivity index (χ3v) is 5.12. The molecule has 0 aromatic carbocycles. The van der Waals surface area contributed by atoms with Gasteiger partial charge in [-0.2, -0.15) is 13.8 Å². The molecule has 0 bridgehead atoms. The Kier molecular flexibility index (Phi) is 7.43. The molecule has 1 amide bonds. The van der Waals surface area contributed by atoms with Gasteiger partial charge >= 0.3 is 19.3 Å². The highest BCUT2D eigenvalue weighted by Crippen LogP contribution is 2.43. The number of ether oxygens (including phenoxy) is 1. The maximum atomic E-state index is 14.5. The number of anilines is 1. The Morgan fingerprint density at radius 2 is 2.24 bits per heavy atom. The molecule has 15 heteroatoms. The van der Waals surface area contributed by atoms with Crippen molar-refractivity contribution in [1.29, 1.82) is 0 Å². The predicted octanol–water partition coefficient (Wildman–Crippen LogP) is -1.01. The van der Waals surface area contributed by atoms with E-state index in [1.165, 1.54) is 13.1 Å². The van der Waals surface area contributed by atoms with Gasteiger partial charge in [0.15, 0.2) is 6.10 Å². The third-order valence-electron chi connectivity index (χ3n) is 3.99. The summed E-state index contributed by atoms with van der Waals surface area (Å²) in [4.78, 5) is 26.8. The summed E-state index contributed by atoms with van der Waals surface area (Å²) >= 11 is 0. The van der Waals surface area contributed by atoms with Crippen LogP contribution in [0.2, 0.25) is 0 Å². The number of carbonyl (C=O) groups is 1. The summed E-state index contributed by atoms with van der Waals surface area (Å²) in [5.74, 6) is -4.20. The minimum atomic E-state index is -4.03. The van der Waals surface area contributed by atoms with Crippen LogP contribution in [-0.4, -0.2) is 65.4 Å². The molecule has 2 rings (SSSR count). The third kappa shape index (κ3) is 5.56. The lowest BCUT2D eigenvalue weighted by Gasteiger charge is -2.21. The van der Waals surface area contributed by atoms with Crippen molar-refractivity contribution in [3.8, 4) is 0 Å². The SMILES string of the molecule is CCNc1ccn(C2OC(COP(N)(=O)NCC(=O)NC)[C@@H](O)C2(F)F)c(=O)n1. The zero-order chi connectivity index (χ0) is 21.8. The summed E-state index contributed by atoms with van der Waals surface area (Å²) < 4.78 is 51.5. The number of nitrogens with two attached hydrogens (primary N) is 1. The van der Waals surface area contributed by atoms with Crippen molar-refractivity contribution in [3.63, 3.8) is 0 Å². The highest BCUT2D eigenvalue weighted by Gasteiger charge is 2.60. The van der Waals surface area contributed by atoms with Crippen molar-refractivity contribution in [1.82, 2.24) is 20.0 Å². The summed E-state index contributed by atoms with van der Waals surface area (Å²) in [5, 5.41) is 17.1. The van der Waals surface area contributed by atoms with Crippen LogP contribution >= 0.6 is 7.67 Å². The molecule has 0 spiro atoms. The Hall–Kier alpha value is -1.96. The van der Waals surface area contributed by atoms with E-state index >= 15 is 0 Å². The molecule has 1 aromatic heterocycles.